The van der Waals surface area contributed by atoms with E-state index < -0.39 is 0 Å². The van der Waals surface area contributed by atoms with Crippen LogP contribution in [-0.2, 0) is 6.42 Å². The minimum Gasteiger partial charge on any atom is -0.383 e. The van der Waals surface area contributed by atoms with Crippen LogP contribution in [0.15, 0.2) is 42.9 Å². The van der Waals surface area contributed by atoms with Gasteiger partial charge < -0.3 is 5.73 Å². The fourth-order valence-corrected chi connectivity index (χ4v) is 1.74. The zero-order chi connectivity index (χ0) is 12.1. The number of aromatic nitrogens is 2. The zero-order valence-corrected chi connectivity index (χ0v) is 9.38. The van der Waals surface area contributed by atoms with E-state index in [-0.39, 0.29) is 6.04 Å². The molecule has 0 spiro atoms. The van der Waals surface area contributed by atoms with Gasteiger partial charge in [-0.15, -0.1) is 0 Å². The van der Waals surface area contributed by atoms with Gasteiger partial charge in [-0.05, 0) is 24.1 Å². The minimum atomic E-state index is -0.0621. The number of nitrogens with two attached hydrogens (primary N) is 2. The summed E-state index contributed by atoms with van der Waals surface area (Å²) in [5, 5.41) is 0. The van der Waals surface area contributed by atoms with E-state index in [9.17, 15) is 0 Å². The maximum atomic E-state index is 5.83. The van der Waals surface area contributed by atoms with Crippen LogP contribution in [0.4, 0.5) is 5.82 Å². The molecule has 5 nitrogen and oxygen atoms in total. The van der Waals surface area contributed by atoms with E-state index in [1.807, 2.05) is 30.5 Å². The summed E-state index contributed by atoms with van der Waals surface area (Å²) in [7, 11) is 0. The average Bonchev–Trinajstić information content (AvgIpc) is 2.38. The molecule has 17 heavy (non-hydrogen) atoms. The highest BCUT2D eigenvalue weighted by Gasteiger charge is 2.13. The third kappa shape index (κ3) is 2.77. The first-order valence-corrected chi connectivity index (χ1v) is 5.36. The maximum Gasteiger partial charge on any atom is 0.128 e. The molecular weight excluding hydrogens is 214 g/mol. The van der Waals surface area contributed by atoms with Gasteiger partial charge in [0.25, 0.3) is 0 Å². The van der Waals surface area contributed by atoms with Crippen molar-refractivity contribution in [2.24, 2.45) is 5.84 Å². The molecule has 2 rings (SSSR count). The Morgan fingerprint density at radius 2 is 2.06 bits per heavy atom. The van der Waals surface area contributed by atoms with Crippen LogP contribution in [0, 0.1) is 0 Å². The molecule has 0 fully saturated rings. The molecule has 0 bridgehead atoms. The lowest BCUT2D eigenvalue weighted by atomic mass is 10.0. The fourth-order valence-electron chi connectivity index (χ4n) is 1.74. The predicted molar refractivity (Wildman–Crippen MR) is 66.7 cm³/mol. The minimum absolute atomic E-state index is 0.0621. The largest absolute Gasteiger partial charge is 0.383 e. The van der Waals surface area contributed by atoms with E-state index in [1.165, 1.54) is 0 Å². The molecule has 0 aliphatic carbocycles. The first-order valence-electron chi connectivity index (χ1n) is 5.36. The molecular formula is C12H15N5. The molecule has 5 heteroatoms. The van der Waals surface area contributed by atoms with Crippen molar-refractivity contribution in [3.8, 4) is 0 Å². The highest BCUT2D eigenvalue weighted by Crippen LogP contribution is 2.20. The molecule has 0 amide bonds. The lowest BCUT2D eigenvalue weighted by molar-refractivity contribution is 0.551. The molecule has 0 saturated heterocycles. The van der Waals surface area contributed by atoms with Crippen LogP contribution in [0.25, 0.3) is 0 Å². The Kier molecular flexibility index (Phi) is 3.64. The summed E-state index contributed by atoms with van der Waals surface area (Å²) in [6, 6.07) is 7.61. The summed E-state index contributed by atoms with van der Waals surface area (Å²) in [4.78, 5) is 8.13. The molecule has 0 saturated carbocycles. The lowest BCUT2D eigenvalue weighted by Crippen LogP contribution is -2.30. The van der Waals surface area contributed by atoms with Gasteiger partial charge in [0.15, 0.2) is 0 Å². The predicted octanol–water partition coefficient (Wildman–Crippen LogP) is 0.806. The topological polar surface area (TPSA) is 89.8 Å². The van der Waals surface area contributed by atoms with Crippen molar-refractivity contribution in [3.05, 3.63) is 54.0 Å². The summed E-state index contributed by atoms with van der Waals surface area (Å²) >= 11 is 0. The van der Waals surface area contributed by atoms with E-state index in [2.05, 4.69) is 15.4 Å². The standard InChI is InChI=1S/C12H15N5/c13-12-10(4-2-6-16-12)11(17-14)7-9-3-1-5-15-8-9/h1-6,8,11,17H,7,14H2,(H2,13,16). The molecule has 88 valence electrons. The van der Waals surface area contributed by atoms with Gasteiger partial charge in [0.05, 0.1) is 6.04 Å². The monoisotopic (exact) mass is 229 g/mol. The molecule has 2 heterocycles. The number of hydrazine groups is 1. The quantitative estimate of drug-likeness (QED) is 0.533. The highest BCUT2D eigenvalue weighted by atomic mass is 15.2. The number of hydrogen-bond acceptors (Lipinski definition) is 5. The van der Waals surface area contributed by atoms with Gasteiger partial charge in [-0.3, -0.25) is 16.3 Å². The molecule has 0 aliphatic heterocycles. The van der Waals surface area contributed by atoms with E-state index in [0.29, 0.717) is 5.82 Å². The van der Waals surface area contributed by atoms with Gasteiger partial charge in [-0.2, -0.15) is 0 Å². The van der Waals surface area contributed by atoms with E-state index in [4.69, 9.17) is 11.6 Å². The van der Waals surface area contributed by atoms with Crippen molar-refractivity contribution in [1.29, 1.82) is 0 Å². The summed E-state index contributed by atoms with van der Waals surface area (Å²) in [5.74, 6) is 6.07. The molecule has 0 aromatic carbocycles. The lowest BCUT2D eigenvalue weighted by Gasteiger charge is -2.17. The number of nitrogens with zero attached hydrogens (tertiary/aromatic N) is 2. The smallest absolute Gasteiger partial charge is 0.128 e. The normalized spacial score (nSPS) is 12.3. The van der Waals surface area contributed by atoms with Crippen LogP contribution in [-0.4, -0.2) is 9.97 Å². The van der Waals surface area contributed by atoms with Crippen LogP contribution in [0.5, 0.6) is 0 Å². The van der Waals surface area contributed by atoms with E-state index in [0.717, 1.165) is 17.5 Å². The Morgan fingerprint density at radius 3 is 2.71 bits per heavy atom. The molecule has 0 radical (unpaired) electrons. The third-order valence-corrected chi connectivity index (χ3v) is 2.61. The number of nitrogen functional groups attached to an aromatic ring is 1. The summed E-state index contributed by atoms with van der Waals surface area (Å²) in [6.07, 6.45) is 5.94. The molecule has 1 unspecified atom stereocenters. The zero-order valence-electron chi connectivity index (χ0n) is 9.38. The van der Waals surface area contributed by atoms with Gasteiger partial charge in [0, 0.05) is 24.2 Å². The van der Waals surface area contributed by atoms with Gasteiger partial charge in [-0.1, -0.05) is 12.1 Å². The van der Waals surface area contributed by atoms with Crippen LogP contribution >= 0.6 is 0 Å². The summed E-state index contributed by atoms with van der Waals surface area (Å²) in [5.41, 5.74) is 10.6. The molecule has 5 N–H and O–H groups in total. The number of anilines is 1. The Morgan fingerprint density at radius 1 is 1.24 bits per heavy atom. The van der Waals surface area contributed by atoms with Crippen molar-refractivity contribution < 1.29 is 0 Å². The van der Waals surface area contributed by atoms with Crippen molar-refractivity contribution in [3.63, 3.8) is 0 Å². The first-order chi connectivity index (χ1) is 8.31. The second-order valence-corrected chi connectivity index (χ2v) is 3.76. The first kappa shape index (κ1) is 11.5. The number of rotatable bonds is 4. The fraction of sp³-hybridized carbons (Fsp3) is 0.167. The number of pyridine rings is 2. The van der Waals surface area contributed by atoms with Crippen molar-refractivity contribution in [2.75, 3.05) is 5.73 Å². The van der Waals surface area contributed by atoms with Crippen molar-refractivity contribution in [2.45, 2.75) is 12.5 Å². The summed E-state index contributed by atoms with van der Waals surface area (Å²) < 4.78 is 0. The Labute approximate surface area is 99.9 Å². The van der Waals surface area contributed by atoms with Gasteiger partial charge in [-0.25, -0.2) is 4.98 Å². The SMILES string of the molecule is NNC(Cc1cccnc1)c1cccnc1N. The number of nitrogens with one attached hydrogen (secondary N) is 1. The van der Waals surface area contributed by atoms with Crippen molar-refractivity contribution in [1.82, 2.24) is 15.4 Å². The van der Waals surface area contributed by atoms with Gasteiger partial charge in [0.2, 0.25) is 0 Å². The van der Waals surface area contributed by atoms with E-state index >= 15 is 0 Å². The summed E-state index contributed by atoms with van der Waals surface area (Å²) in [6.45, 7) is 0. The maximum absolute atomic E-state index is 5.83. The molecule has 0 aliphatic rings. The van der Waals surface area contributed by atoms with Crippen LogP contribution in [0.1, 0.15) is 17.2 Å². The third-order valence-electron chi connectivity index (χ3n) is 2.61. The van der Waals surface area contributed by atoms with Crippen LogP contribution in [0.2, 0.25) is 0 Å². The Balaban J connectivity index is 2.21. The van der Waals surface area contributed by atoms with E-state index in [1.54, 1.807) is 12.4 Å². The number of hydrogen-bond donors (Lipinski definition) is 3. The van der Waals surface area contributed by atoms with Crippen LogP contribution < -0.4 is 17.0 Å². The molecule has 2 aromatic heterocycles. The van der Waals surface area contributed by atoms with Crippen LogP contribution in [0.3, 0.4) is 0 Å². The van der Waals surface area contributed by atoms with Gasteiger partial charge >= 0.3 is 0 Å². The Hall–Kier alpha value is -1.98. The Bertz CT molecular complexity index is 471. The molecule has 1 atom stereocenters. The highest BCUT2D eigenvalue weighted by molar-refractivity contribution is 5.41. The van der Waals surface area contributed by atoms with Gasteiger partial charge in [0.1, 0.15) is 5.82 Å². The molecule has 2 aromatic rings. The second-order valence-electron chi connectivity index (χ2n) is 3.76. The average molecular weight is 229 g/mol. The van der Waals surface area contributed by atoms with Crippen molar-refractivity contribution >= 4 is 5.82 Å². The second kappa shape index (κ2) is 5.38.